The van der Waals surface area contributed by atoms with Gasteiger partial charge in [0.25, 0.3) is 0 Å². The van der Waals surface area contributed by atoms with Crippen LogP contribution in [0.3, 0.4) is 0 Å². The molecule has 106 valence electrons. The summed E-state index contributed by atoms with van der Waals surface area (Å²) < 4.78 is 23.5. The molecule has 1 aliphatic heterocycles. The molecule has 1 aromatic rings. The van der Waals surface area contributed by atoms with Crippen molar-refractivity contribution in [3.05, 3.63) is 24.3 Å². The summed E-state index contributed by atoms with van der Waals surface area (Å²) in [7, 11) is -3.12. The van der Waals surface area contributed by atoms with Crippen molar-refractivity contribution in [3.8, 4) is 0 Å². The third kappa shape index (κ3) is 3.09. The first-order valence-corrected chi connectivity index (χ1v) is 8.35. The molecule has 0 aliphatic carbocycles. The van der Waals surface area contributed by atoms with Crippen molar-refractivity contribution in [2.24, 2.45) is 5.92 Å². The van der Waals surface area contributed by atoms with Gasteiger partial charge >= 0.3 is 0 Å². The van der Waals surface area contributed by atoms with Crippen LogP contribution in [0.25, 0.3) is 0 Å². The number of aliphatic hydroxyl groups is 1. The third-order valence-corrected chi connectivity index (χ3v) is 5.60. The van der Waals surface area contributed by atoms with E-state index in [0.29, 0.717) is 10.8 Å². The summed E-state index contributed by atoms with van der Waals surface area (Å²) >= 11 is 0. The minimum atomic E-state index is -3.12. The molecule has 2 atom stereocenters. The van der Waals surface area contributed by atoms with Crippen molar-refractivity contribution in [1.29, 1.82) is 0 Å². The summed E-state index contributed by atoms with van der Waals surface area (Å²) in [5.41, 5.74) is 1.03. The molecule has 4 nitrogen and oxygen atoms in total. The first-order chi connectivity index (χ1) is 8.94. The van der Waals surface area contributed by atoms with Crippen LogP contribution in [0.2, 0.25) is 0 Å². The highest BCUT2D eigenvalue weighted by molar-refractivity contribution is 7.91. The Morgan fingerprint density at radius 1 is 1.37 bits per heavy atom. The number of hydrogen-bond donors (Lipinski definition) is 1. The number of benzene rings is 1. The van der Waals surface area contributed by atoms with Gasteiger partial charge in [-0.25, -0.2) is 8.42 Å². The minimum Gasteiger partial charge on any atom is -0.393 e. The summed E-state index contributed by atoms with van der Waals surface area (Å²) in [6, 6.07) is 7.05. The van der Waals surface area contributed by atoms with E-state index in [9.17, 15) is 13.5 Å². The van der Waals surface area contributed by atoms with Gasteiger partial charge < -0.3 is 10.0 Å². The van der Waals surface area contributed by atoms with Crippen molar-refractivity contribution in [1.82, 2.24) is 0 Å². The van der Waals surface area contributed by atoms with E-state index < -0.39 is 9.84 Å². The van der Waals surface area contributed by atoms with Gasteiger partial charge in [-0.05, 0) is 37.6 Å². The largest absolute Gasteiger partial charge is 0.393 e. The number of rotatable bonds is 4. The highest BCUT2D eigenvalue weighted by Gasteiger charge is 2.26. The molecule has 2 rings (SSSR count). The second-order valence-electron chi connectivity index (χ2n) is 5.13. The second-order valence-corrected chi connectivity index (χ2v) is 7.41. The molecule has 0 amide bonds. The van der Waals surface area contributed by atoms with Crippen LogP contribution in [0.15, 0.2) is 29.2 Å². The van der Waals surface area contributed by atoms with Crippen LogP contribution in [-0.2, 0) is 9.84 Å². The molecule has 0 aromatic heterocycles. The molecule has 2 unspecified atom stereocenters. The lowest BCUT2D eigenvalue weighted by molar-refractivity contribution is 0.136. The van der Waals surface area contributed by atoms with E-state index >= 15 is 0 Å². The summed E-state index contributed by atoms with van der Waals surface area (Å²) in [6.45, 7) is 5.22. The monoisotopic (exact) mass is 283 g/mol. The minimum absolute atomic E-state index is 0.125. The number of aliphatic hydroxyl groups excluding tert-OH is 1. The fraction of sp³-hybridized carbons (Fsp3) is 0.571. The van der Waals surface area contributed by atoms with E-state index in [2.05, 4.69) is 4.90 Å². The quantitative estimate of drug-likeness (QED) is 0.913. The predicted molar refractivity (Wildman–Crippen MR) is 76.2 cm³/mol. The van der Waals surface area contributed by atoms with E-state index in [4.69, 9.17) is 0 Å². The van der Waals surface area contributed by atoms with Crippen LogP contribution in [0, 0.1) is 5.92 Å². The van der Waals surface area contributed by atoms with Crippen LogP contribution in [0.5, 0.6) is 0 Å². The van der Waals surface area contributed by atoms with E-state index in [1.165, 1.54) is 0 Å². The Morgan fingerprint density at radius 2 is 2.00 bits per heavy atom. The Balaban J connectivity index is 2.12. The standard InChI is InChI=1S/C14H21NO3S/c1-3-19(17,18)14-6-4-13(5-7-14)15-9-8-12(10-15)11(2)16/h4-7,11-12,16H,3,8-10H2,1-2H3. The van der Waals surface area contributed by atoms with Gasteiger partial charge in [0.15, 0.2) is 9.84 Å². The van der Waals surface area contributed by atoms with Crippen molar-refractivity contribution < 1.29 is 13.5 Å². The zero-order valence-corrected chi connectivity index (χ0v) is 12.2. The topological polar surface area (TPSA) is 57.6 Å². The van der Waals surface area contributed by atoms with Crippen LogP contribution in [0.4, 0.5) is 5.69 Å². The van der Waals surface area contributed by atoms with E-state index in [0.717, 1.165) is 25.2 Å². The van der Waals surface area contributed by atoms with Gasteiger partial charge in [0, 0.05) is 24.7 Å². The average molecular weight is 283 g/mol. The number of nitrogens with zero attached hydrogens (tertiary/aromatic N) is 1. The number of sulfone groups is 1. The van der Waals surface area contributed by atoms with Crippen molar-refractivity contribution in [3.63, 3.8) is 0 Å². The first-order valence-electron chi connectivity index (χ1n) is 6.70. The molecule has 1 saturated heterocycles. The fourth-order valence-corrected chi connectivity index (χ4v) is 3.33. The summed E-state index contributed by atoms with van der Waals surface area (Å²) in [5.74, 6) is 0.430. The lowest BCUT2D eigenvalue weighted by atomic mass is 10.0. The zero-order valence-electron chi connectivity index (χ0n) is 11.4. The molecule has 1 N–H and O–H groups in total. The van der Waals surface area contributed by atoms with Gasteiger partial charge in [0.2, 0.25) is 0 Å². The maximum Gasteiger partial charge on any atom is 0.178 e. The molecule has 1 heterocycles. The summed E-state index contributed by atoms with van der Waals surface area (Å²) in [4.78, 5) is 2.57. The lowest BCUT2D eigenvalue weighted by Gasteiger charge is -2.20. The molecule has 0 bridgehead atoms. The Labute approximate surface area is 115 Å². The molecule has 0 saturated carbocycles. The van der Waals surface area contributed by atoms with Gasteiger partial charge in [0.1, 0.15) is 0 Å². The normalized spacial score (nSPS) is 21.6. The maximum atomic E-state index is 11.7. The van der Waals surface area contributed by atoms with Crippen molar-refractivity contribution in [2.45, 2.75) is 31.3 Å². The molecule has 0 spiro atoms. The van der Waals surface area contributed by atoms with Crippen LogP contribution in [0.1, 0.15) is 20.3 Å². The summed E-state index contributed by atoms with van der Waals surface area (Å²) in [5, 5.41) is 9.59. The molecular weight excluding hydrogens is 262 g/mol. The van der Waals surface area contributed by atoms with E-state index in [1.807, 2.05) is 19.1 Å². The Kier molecular flexibility index (Phi) is 4.16. The fourth-order valence-electron chi connectivity index (χ4n) is 2.45. The molecule has 0 radical (unpaired) electrons. The Bertz CT molecular complexity index is 522. The molecule has 1 fully saturated rings. The highest BCUT2D eigenvalue weighted by atomic mass is 32.2. The van der Waals surface area contributed by atoms with Gasteiger partial charge in [-0.2, -0.15) is 0 Å². The zero-order chi connectivity index (χ0) is 14.0. The summed E-state index contributed by atoms with van der Waals surface area (Å²) in [6.07, 6.45) is 0.692. The van der Waals surface area contributed by atoms with Gasteiger partial charge in [-0.1, -0.05) is 6.92 Å². The third-order valence-electron chi connectivity index (χ3n) is 3.85. The predicted octanol–water partition coefficient (Wildman–Crippen LogP) is 1.69. The SMILES string of the molecule is CCS(=O)(=O)c1ccc(N2CCC(C(C)O)C2)cc1. The van der Waals surface area contributed by atoms with Gasteiger partial charge in [-0.3, -0.25) is 0 Å². The second kappa shape index (κ2) is 5.51. The lowest BCUT2D eigenvalue weighted by Crippen LogP contribution is -2.23. The van der Waals surface area contributed by atoms with Gasteiger partial charge in [-0.15, -0.1) is 0 Å². The van der Waals surface area contributed by atoms with Crippen molar-refractivity contribution in [2.75, 3.05) is 23.7 Å². The average Bonchev–Trinajstić information content (AvgIpc) is 2.88. The van der Waals surface area contributed by atoms with Crippen LogP contribution < -0.4 is 4.90 Å². The van der Waals surface area contributed by atoms with E-state index in [-0.39, 0.29) is 11.9 Å². The smallest absolute Gasteiger partial charge is 0.178 e. The van der Waals surface area contributed by atoms with Crippen LogP contribution in [-0.4, -0.2) is 38.5 Å². The molecule has 1 aliphatic rings. The molecule has 19 heavy (non-hydrogen) atoms. The highest BCUT2D eigenvalue weighted by Crippen LogP contribution is 2.26. The maximum absolute atomic E-state index is 11.7. The van der Waals surface area contributed by atoms with Crippen molar-refractivity contribution >= 4 is 15.5 Å². The van der Waals surface area contributed by atoms with E-state index in [1.54, 1.807) is 19.1 Å². The molecule has 1 aromatic carbocycles. The number of anilines is 1. The molecule has 5 heteroatoms. The Hall–Kier alpha value is -1.07. The first kappa shape index (κ1) is 14.3. The number of hydrogen-bond acceptors (Lipinski definition) is 4. The molecular formula is C14H21NO3S. The van der Waals surface area contributed by atoms with Gasteiger partial charge in [0.05, 0.1) is 16.8 Å². The van der Waals surface area contributed by atoms with Crippen LogP contribution >= 0.6 is 0 Å². The Morgan fingerprint density at radius 3 is 2.47 bits per heavy atom.